The minimum atomic E-state index is -0.406. The van der Waals surface area contributed by atoms with Gasteiger partial charge < -0.3 is 5.32 Å². The van der Waals surface area contributed by atoms with Crippen LogP contribution in [0, 0.1) is 17.1 Å². The van der Waals surface area contributed by atoms with Crippen LogP contribution in [-0.4, -0.2) is 0 Å². The fraction of sp³-hybridized carbons (Fsp3) is 0.0714. The molecule has 2 rings (SSSR count). The molecule has 2 aromatic carbocycles. The van der Waals surface area contributed by atoms with Crippen LogP contribution >= 0.6 is 11.6 Å². The van der Waals surface area contributed by atoms with Gasteiger partial charge in [-0.1, -0.05) is 17.7 Å². The summed E-state index contributed by atoms with van der Waals surface area (Å²) in [6.07, 6.45) is 0. The molecule has 0 radical (unpaired) electrons. The third kappa shape index (κ3) is 3.22. The van der Waals surface area contributed by atoms with E-state index in [1.165, 1.54) is 12.1 Å². The lowest BCUT2D eigenvalue weighted by atomic mass is 10.1. The first kappa shape index (κ1) is 12.4. The first-order chi connectivity index (χ1) is 8.67. The Balaban J connectivity index is 2.11. The number of hydrogen-bond acceptors (Lipinski definition) is 2. The second-order valence-electron chi connectivity index (χ2n) is 3.82. The molecule has 0 fully saturated rings. The van der Waals surface area contributed by atoms with Crippen LogP contribution in [0.4, 0.5) is 10.1 Å². The van der Waals surface area contributed by atoms with Crippen molar-refractivity contribution in [3.8, 4) is 6.07 Å². The SMILES string of the molecule is N#Cc1cc(F)cc(CNc2cccc(Cl)c2)c1. The quantitative estimate of drug-likeness (QED) is 0.907. The van der Waals surface area contributed by atoms with Gasteiger partial charge >= 0.3 is 0 Å². The van der Waals surface area contributed by atoms with Crippen molar-refractivity contribution in [2.24, 2.45) is 0 Å². The standard InChI is InChI=1S/C14H10ClFN2/c15-12-2-1-3-14(7-12)18-9-11-4-10(8-17)5-13(16)6-11/h1-7,18H,9H2. The molecular weight excluding hydrogens is 251 g/mol. The van der Waals surface area contributed by atoms with E-state index in [1.54, 1.807) is 18.2 Å². The molecule has 0 amide bonds. The molecule has 0 atom stereocenters. The van der Waals surface area contributed by atoms with Gasteiger partial charge in [0.2, 0.25) is 0 Å². The van der Waals surface area contributed by atoms with Crippen molar-refractivity contribution in [1.29, 1.82) is 5.26 Å². The molecular formula is C14H10ClFN2. The van der Waals surface area contributed by atoms with Crippen molar-refractivity contribution in [2.45, 2.75) is 6.54 Å². The van der Waals surface area contributed by atoms with Crippen molar-refractivity contribution in [1.82, 2.24) is 0 Å². The monoisotopic (exact) mass is 260 g/mol. The van der Waals surface area contributed by atoms with Crippen LogP contribution in [0.25, 0.3) is 0 Å². The minimum Gasteiger partial charge on any atom is -0.381 e. The van der Waals surface area contributed by atoms with Gasteiger partial charge in [0, 0.05) is 17.3 Å². The van der Waals surface area contributed by atoms with Gasteiger partial charge in [0.05, 0.1) is 11.6 Å². The van der Waals surface area contributed by atoms with Gasteiger partial charge in [0.1, 0.15) is 5.82 Å². The van der Waals surface area contributed by atoms with Crippen LogP contribution in [0.15, 0.2) is 42.5 Å². The van der Waals surface area contributed by atoms with Crippen molar-refractivity contribution in [2.75, 3.05) is 5.32 Å². The summed E-state index contributed by atoms with van der Waals surface area (Å²) < 4.78 is 13.2. The number of nitriles is 1. The first-order valence-corrected chi connectivity index (χ1v) is 5.74. The maximum Gasteiger partial charge on any atom is 0.124 e. The molecule has 90 valence electrons. The lowest BCUT2D eigenvalue weighted by molar-refractivity contribution is 0.625. The largest absolute Gasteiger partial charge is 0.381 e. The third-order valence-electron chi connectivity index (χ3n) is 2.41. The average molecular weight is 261 g/mol. The second kappa shape index (κ2) is 5.52. The molecule has 0 spiro atoms. The fourth-order valence-electron chi connectivity index (χ4n) is 1.62. The summed E-state index contributed by atoms with van der Waals surface area (Å²) >= 11 is 5.86. The molecule has 0 aromatic heterocycles. The van der Waals surface area contributed by atoms with Crippen LogP contribution in [0.1, 0.15) is 11.1 Å². The molecule has 18 heavy (non-hydrogen) atoms. The summed E-state index contributed by atoms with van der Waals surface area (Å²) in [5.74, 6) is -0.406. The number of hydrogen-bond donors (Lipinski definition) is 1. The Morgan fingerprint density at radius 2 is 2.06 bits per heavy atom. The minimum absolute atomic E-state index is 0.317. The highest BCUT2D eigenvalue weighted by Gasteiger charge is 2.01. The van der Waals surface area contributed by atoms with Gasteiger partial charge in [-0.15, -0.1) is 0 Å². The van der Waals surface area contributed by atoms with Gasteiger partial charge in [0.15, 0.2) is 0 Å². The molecule has 2 nitrogen and oxygen atoms in total. The van der Waals surface area contributed by atoms with Gasteiger partial charge in [0.25, 0.3) is 0 Å². The smallest absolute Gasteiger partial charge is 0.124 e. The highest BCUT2D eigenvalue weighted by molar-refractivity contribution is 6.30. The van der Waals surface area contributed by atoms with E-state index < -0.39 is 5.82 Å². The van der Waals surface area contributed by atoms with E-state index in [0.717, 1.165) is 5.69 Å². The molecule has 0 saturated heterocycles. The zero-order valence-electron chi connectivity index (χ0n) is 9.45. The van der Waals surface area contributed by atoms with Crippen LogP contribution in [-0.2, 0) is 6.54 Å². The van der Waals surface area contributed by atoms with E-state index in [0.29, 0.717) is 22.7 Å². The maximum atomic E-state index is 13.2. The Morgan fingerprint density at radius 1 is 1.22 bits per heavy atom. The topological polar surface area (TPSA) is 35.8 Å². The van der Waals surface area contributed by atoms with Crippen molar-refractivity contribution >= 4 is 17.3 Å². The molecule has 4 heteroatoms. The van der Waals surface area contributed by atoms with E-state index >= 15 is 0 Å². The zero-order chi connectivity index (χ0) is 13.0. The number of halogens is 2. The summed E-state index contributed by atoms with van der Waals surface area (Å²) in [4.78, 5) is 0. The molecule has 0 aliphatic carbocycles. The van der Waals surface area contributed by atoms with Gasteiger partial charge in [-0.25, -0.2) is 4.39 Å². The zero-order valence-corrected chi connectivity index (χ0v) is 10.2. The van der Waals surface area contributed by atoms with E-state index in [9.17, 15) is 4.39 Å². The fourth-order valence-corrected chi connectivity index (χ4v) is 1.81. The Hall–Kier alpha value is -2.05. The molecule has 0 aliphatic rings. The highest BCUT2D eigenvalue weighted by atomic mass is 35.5. The van der Waals surface area contributed by atoms with Gasteiger partial charge in [-0.05, 0) is 42.0 Å². The van der Waals surface area contributed by atoms with Crippen molar-refractivity contribution in [3.05, 3.63) is 64.4 Å². The van der Waals surface area contributed by atoms with Crippen molar-refractivity contribution < 1.29 is 4.39 Å². The van der Waals surface area contributed by atoms with Crippen molar-refractivity contribution in [3.63, 3.8) is 0 Å². The Bertz CT molecular complexity index is 605. The summed E-state index contributed by atoms with van der Waals surface area (Å²) in [5, 5.41) is 12.5. The molecule has 0 aliphatic heterocycles. The maximum absolute atomic E-state index is 13.2. The number of nitrogens with zero attached hydrogens (tertiary/aromatic N) is 1. The second-order valence-corrected chi connectivity index (χ2v) is 4.26. The Labute approximate surface area is 110 Å². The van der Waals surface area contributed by atoms with Gasteiger partial charge in [-0.3, -0.25) is 0 Å². The Morgan fingerprint density at radius 3 is 2.78 bits per heavy atom. The molecule has 0 unspecified atom stereocenters. The van der Waals surface area contributed by atoms with Gasteiger partial charge in [-0.2, -0.15) is 5.26 Å². The number of nitrogens with one attached hydrogen (secondary N) is 1. The van der Waals surface area contributed by atoms with Crippen LogP contribution in [0.5, 0.6) is 0 Å². The van der Waals surface area contributed by atoms with Crippen LogP contribution in [0.2, 0.25) is 5.02 Å². The summed E-state index contributed by atoms with van der Waals surface area (Å²) in [6.45, 7) is 0.437. The van der Waals surface area contributed by atoms with Crippen LogP contribution < -0.4 is 5.32 Å². The van der Waals surface area contributed by atoms with E-state index in [2.05, 4.69) is 5.32 Å². The number of anilines is 1. The first-order valence-electron chi connectivity index (χ1n) is 5.36. The lowest BCUT2D eigenvalue weighted by Gasteiger charge is -2.07. The normalized spacial score (nSPS) is 9.83. The summed E-state index contributed by atoms with van der Waals surface area (Å²) in [5.41, 5.74) is 1.88. The Kier molecular flexibility index (Phi) is 3.81. The molecule has 2 aromatic rings. The average Bonchev–Trinajstić information content (AvgIpc) is 2.36. The molecule has 0 bridgehead atoms. The summed E-state index contributed by atoms with van der Waals surface area (Å²) in [6, 6.07) is 13.5. The molecule has 1 N–H and O–H groups in total. The van der Waals surface area contributed by atoms with Crippen LogP contribution in [0.3, 0.4) is 0 Å². The third-order valence-corrected chi connectivity index (χ3v) is 2.64. The lowest BCUT2D eigenvalue weighted by Crippen LogP contribution is -2.00. The number of benzene rings is 2. The summed E-state index contributed by atoms with van der Waals surface area (Å²) in [7, 11) is 0. The number of rotatable bonds is 3. The van der Waals surface area contributed by atoms with E-state index in [1.807, 2.05) is 18.2 Å². The predicted octanol–water partition coefficient (Wildman–Crippen LogP) is 3.96. The molecule has 0 saturated carbocycles. The predicted molar refractivity (Wildman–Crippen MR) is 69.9 cm³/mol. The van der Waals surface area contributed by atoms with E-state index in [4.69, 9.17) is 16.9 Å². The molecule has 0 heterocycles. The highest BCUT2D eigenvalue weighted by Crippen LogP contribution is 2.16. The van der Waals surface area contributed by atoms with E-state index in [-0.39, 0.29) is 0 Å².